The molecule has 0 fully saturated rings. The zero-order chi connectivity index (χ0) is 25.6. The van der Waals surface area contributed by atoms with E-state index in [2.05, 4.69) is 9.71 Å². The van der Waals surface area contributed by atoms with Gasteiger partial charge in [0.15, 0.2) is 0 Å². The van der Waals surface area contributed by atoms with Gasteiger partial charge in [0, 0.05) is 24.4 Å². The molecule has 186 valence electrons. The minimum absolute atomic E-state index is 0.0250. The van der Waals surface area contributed by atoms with Crippen LogP contribution in [-0.2, 0) is 21.5 Å². The van der Waals surface area contributed by atoms with Gasteiger partial charge < -0.3 is 9.84 Å². The van der Waals surface area contributed by atoms with Gasteiger partial charge in [-0.05, 0) is 56.0 Å². The molecule has 0 aliphatic rings. The zero-order valence-electron chi connectivity index (χ0n) is 19.4. The van der Waals surface area contributed by atoms with E-state index in [-0.39, 0.29) is 23.8 Å². The van der Waals surface area contributed by atoms with Gasteiger partial charge >= 0.3 is 11.7 Å². The van der Waals surface area contributed by atoms with Gasteiger partial charge in [-0.3, -0.25) is 14.3 Å². The van der Waals surface area contributed by atoms with E-state index >= 15 is 0 Å². The standard InChI is InChI=1S/C24H27N3O7S/c1-24(2,12-6-14-34-16-27-13-11-21(28)25-23(27)31)26-35(32,33)18-8-5-7-17(15-18)19-9-3-4-10-20(19)22(29)30/h3-5,7-11,13,15,26H,6,12,14,16H2,1-2H3,(H,29,30)(H,25,28,31). The molecular weight excluding hydrogens is 474 g/mol. The predicted molar refractivity (Wildman–Crippen MR) is 130 cm³/mol. The van der Waals surface area contributed by atoms with Crippen molar-refractivity contribution in [1.29, 1.82) is 0 Å². The summed E-state index contributed by atoms with van der Waals surface area (Å²) in [5, 5.41) is 9.45. The fourth-order valence-corrected chi connectivity index (χ4v) is 5.04. The van der Waals surface area contributed by atoms with Crippen LogP contribution in [0.5, 0.6) is 0 Å². The second-order valence-electron chi connectivity index (χ2n) is 8.59. The molecule has 0 saturated carbocycles. The number of aromatic nitrogens is 2. The largest absolute Gasteiger partial charge is 0.478 e. The second-order valence-corrected chi connectivity index (χ2v) is 10.3. The number of nitrogens with one attached hydrogen (secondary N) is 2. The van der Waals surface area contributed by atoms with Gasteiger partial charge in [0.25, 0.3) is 5.56 Å². The van der Waals surface area contributed by atoms with E-state index in [0.29, 0.717) is 24.0 Å². The monoisotopic (exact) mass is 501 g/mol. The Hall–Kier alpha value is -3.54. The summed E-state index contributed by atoms with van der Waals surface area (Å²) in [6.45, 7) is 3.74. The molecule has 0 unspecified atom stereocenters. The Labute approximate surface area is 202 Å². The third-order valence-electron chi connectivity index (χ3n) is 5.24. The number of rotatable bonds is 11. The van der Waals surface area contributed by atoms with Gasteiger partial charge in [0.1, 0.15) is 6.73 Å². The molecule has 0 aliphatic carbocycles. The Balaban J connectivity index is 1.63. The molecule has 0 spiro atoms. The molecule has 2 aromatic carbocycles. The normalized spacial score (nSPS) is 11.9. The van der Waals surface area contributed by atoms with Gasteiger partial charge in [-0.1, -0.05) is 30.3 Å². The molecular formula is C24H27N3O7S. The van der Waals surface area contributed by atoms with Crippen molar-refractivity contribution in [3.63, 3.8) is 0 Å². The summed E-state index contributed by atoms with van der Waals surface area (Å²) in [5.74, 6) is -1.10. The van der Waals surface area contributed by atoms with Crippen molar-refractivity contribution in [2.75, 3.05) is 6.61 Å². The first-order chi connectivity index (χ1) is 16.5. The van der Waals surface area contributed by atoms with Gasteiger partial charge in [0.05, 0.1) is 10.5 Å². The van der Waals surface area contributed by atoms with Gasteiger partial charge in [-0.25, -0.2) is 22.7 Å². The Bertz CT molecular complexity index is 1430. The van der Waals surface area contributed by atoms with Crippen molar-refractivity contribution >= 4 is 16.0 Å². The quantitative estimate of drug-likeness (QED) is 0.342. The first-order valence-electron chi connectivity index (χ1n) is 10.8. The van der Waals surface area contributed by atoms with Crippen molar-refractivity contribution in [2.45, 2.75) is 43.9 Å². The lowest BCUT2D eigenvalue weighted by molar-refractivity contribution is 0.0680. The molecule has 35 heavy (non-hydrogen) atoms. The lowest BCUT2D eigenvalue weighted by atomic mass is 10.00. The number of nitrogens with zero attached hydrogens (tertiary/aromatic N) is 1. The molecule has 10 nitrogen and oxygen atoms in total. The van der Waals surface area contributed by atoms with Crippen LogP contribution in [0.3, 0.4) is 0 Å². The summed E-state index contributed by atoms with van der Waals surface area (Å²) >= 11 is 0. The molecule has 0 atom stereocenters. The number of carboxylic acid groups (broad SMARTS) is 1. The third-order valence-corrected chi connectivity index (χ3v) is 6.94. The third kappa shape index (κ3) is 6.98. The number of hydrogen-bond donors (Lipinski definition) is 3. The maximum atomic E-state index is 13.1. The fourth-order valence-electron chi connectivity index (χ4n) is 3.55. The minimum Gasteiger partial charge on any atom is -0.478 e. The molecule has 3 N–H and O–H groups in total. The molecule has 0 radical (unpaired) electrons. The first-order valence-corrected chi connectivity index (χ1v) is 12.3. The van der Waals surface area contributed by atoms with Crippen LogP contribution in [0.2, 0.25) is 0 Å². The van der Waals surface area contributed by atoms with Gasteiger partial charge in [-0.2, -0.15) is 0 Å². The SMILES string of the molecule is CC(C)(CCCOCn1ccc(=O)[nH]c1=O)NS(=O)(=O)c1cccc(-c2ccccc2C(=O)O)c1. The van der Waals surface area contributed by atoms with Crippen molar-refractivity contribution in [2.24, 2.45) is 0 Å². The number of carbonyl (C=O) groups is 1. The molecule has 11 heteroatoms. The molecule has 0 saturated heterocycles. The van der Waals surface area contributed by atoms with E-state index in [4.69, 9.17) is 4.74 Å². The van der Waals surface area contributed by atoms with Crippen LogP contribution in [-0.4, -0.2) is 41.2 Å². The number of sulfonamides is 1. The zero-order valence-corrected chi connectivity index (χ0v) is 20.2. The highest BCUT2D eigenvalue weighted by molar-refractivity contribution is 7.89. The summed E-state index contributed by atoms with van der Waals surface area (Å²) < 4.78 is 35.5. The molecule has 0 amide bonds. The van der Waals surface area contributed by atoms with Crippen LogP contribution in [0, 0.1) is 0 Å². The highest BCUT2D eigenvalue weighted by Crippen LogP contribution is 2.27. The molecule has 3 rings (SSSR count). The highest BCUT2D eigenvalue weighted by atomic mass is 32.2. The van der Waals surface area contributed by atoms with Gasteiger partial charge in [0.2, 0.25) is 10.0 Å². The van der Waals surface area contributed by atoms with E-state index < -0.39 is 32.8 Å². The topological polar surface area (TPSA) is 148 Å². The van der Waals surface area contributed by atoms with E-state index in [1.165, 1.54) is 35.0 Å². The summed E-state index contributed by atoms with van der Waals surface area (Å²) in [6, 6.07) is 13.8. The van der Waals surface area contributed by atoms with Crippen molar-refractivity contribution in [3.8, 4) is 11.1 Å². The lowest BCUT2D eigenvalue weighted by Crippen LogP contribution is -2.43. The first kappa shape index (κ1) is 26.1. The molecule has 0 aliphatic heterocycles. The molecule has 3 aromatic rings. The van der Waals surface area contributed by atoms with Crippen LogP contribution in [0.15, 0.2) is 75.3 Å². The van der Waals surface area contributed by atoms with Crippen LogP contribution in [0.4, 0.5) is 0 Å². The number of benzene rings is 2. The van der Waals surface area contributed by atoms with Crippen LogP contribution in [0.25, 0.3) is 11.1 Å². The van der Waals surface area contributed by atoms with Crippen molar-refractivity contribution in [1.82, 2.24) is 14.3 Å². The van der Waals surface area contributed by atoms with Crippen LogP contribution >= 0.6 is 0 Å². The second kappa shape index (κ2) is 10.8. The van der Waals surface area contributed by atoms with Crippen LogP contribution < -0.4 is 16.0 Å². The molecule has 1 aromatic heterocycles. The Morgan fingerprint density at radius 2 is 1.86 bits per heavy atom. The molecule has 1 heterocycles. The summed E-state index contributed by atoms with van der Waals surface area (Å²) in [4.78, 5) is 36.4. The Morgan fingerprint density at radius 3 is 2.57 bits per heavy atom. The van der Waals surface area contributed by atoms with Crippen molar-refractivity contribution < 1.29 is 23.1 Å². The number of H-pyrrole nitrogens is 1. The summed E-state index contributed by atoms with van der Waals surface area (Å²) in [7, 11) is -3.89. The Kier molecular flexibility index (Phi) is 8.05. The van der Waals surface area contributed by atoms with E-state index in [1.807, 2.05) is 0 Å². The van der Waals surface area contributed by atoms with Gasteiger partial charge in [-0.15, -0.1) is 0 Å². The van der Waals surface area contributed by atoms with Crippen molar-refractivity contribution in [3.05, 3.63) is 87.2 Å². The lowest BCUT2D eigenvalue weighted by Gasteiger charge is -2.26. The summed E-state index contributed by atoms with van der Waals surface area (Å²) in [6.07, 6.45) is 2.30. The average Bonchev–Trinajstić information content (AvgIpc) is 2.79. The number of hydrogen-bond acceptors (Lipinski definition) is 6. The Morgan fingerprint density at radius 1 is 1.11 bits per heavy atom. The number of aromatic amines is 1. The number of carboxylic acids is 1. The molecule has 0 bridgehead atoms. The number of aromatic carboxylic acids is 1. The summed E-state index contributed by atoms with van der Waals surface area (Å²) in [5.41, 5.74) is -0.869. The van der Waals surface area contributed by atoms with E-state index in [1.54, 1.807) is 44.2 Å². The maximum absolute atomic E-state index is 13.1. The van der Waals surface area contributed by atoms with E-state index in [0.717, 1.165) is 0 Å². The van der Waals surface area contributed by atoms with E-state index in [9.17, 15) is 27.9 Å². The smallest absolute Gasteiger partial charge is 0.336 e. The number of ether oxygens (including phenoxy) is 1. The fraction of sp³-hybridized carbons (Fsp3) is 0.292. The van der Waals surface area contributed by atoms with Crippen LogP contribution in [0.1, 0.15) is 37.0 Å². The average molecular weight is 502 g/mol. The maximum Gasteiger partial charge on any atom is 0.336 e. The minimum atomic E-state index is -3.89. The predicted octanol–water partition coefficient (Wildman–Crippen LogP) is 2.41. The highest BCUT2D eigenvalue weighted by Gasteiger charge is 2.26.